The zero-order chi connectivity index (χ0) is 14.5. The molecule has 1 heterocycles. The smallest absolute Gasteiger partial charge is 0.277 e. The third kappa shape index (κ3) is 4.66. The standard InChI is InChI=1S/C11H15F2N3O3/c1-7(9(17)15-6-11(12,13)5-14)16-10(18)8-2-3-19-4-8/h2-4,7H,5-6,14H2,1H3,(H,15,17)(H,16,18). The van der Waals surface area contributed by atoms with Crippen molar-refractivity contribution in [3.8, 4) is 0 Å². The van der Waals surface area contributed by atoms with Gasteiger partial charge in [0.1, 0.15) is 12.3 Å². The predicted molar refractivity (Wildman–Crippen MR) is 62.6 cm³/mol. The number of carbonyl (C=O) groups is 2. The quantitative estimate of drug-likeness (QED) is 0.686. The summed E-state index contributed by atoms with van der Waals surface area (Å²) in [4.78, 5) is 23.0. The molecule has 106 valence electrons. The molecule has 0 aliphatic rings. The lowest BCUT2D eigenvalue weighted by Gasteiger charge is -2.17. The number of furan rings is 1. The Labute approximate surface area is 108 Å². The molecule has 1 unspecified atom stereocenters. The molecule has 0 aliphatic carbocycles. The molecule has 0 bridgehead atoms. The summed E-state index contributed by atoms with van der Waals surface area (Å²) in [5, 5.41) is 4.37. The zero-order valence-electron chi connectivity index (χ0n) is 10.3. The Kier molecular flexibility index (Phi) is 4.99. The molecule has 1 aromatic rings. The molecule has 2 amide bonds. The van der Waals surface area contributed by atoms with Gasteiger partial charge in [0.15, 0.2) is 0 Å². The maximum absolute atomic E-state index is 12.8. The zero-order valence-corrected chi connectivity index (χ0v) is 10.3. The first kappa shape index (κ1) is 15.1. The lowest BCUT2D eigenvalue weighted by atomic mass is 10.2. The normalized spacial score (nSPS) is 12.8. The van der Waals surface area contributed by atoms with Crippen LogP contribution in [-0.2, 0) is 4.79 Å². The predicted octanol–water partition coefficient (Wildman–Crippen LogP) is 0.108. The monoisotopic (exact) mass is 275 g/mol. The van der Waals surface area contributed by atoms with Gasteiger partial charge in [-0.25, -0.2) is 8.78 Å². The minimum Gasteiger partial charge on any atom is -0.472 e. The van der Waals surface area contributed by atoms with Crippen molar-refractivity contribution < 1.29 is 22.8 Å². The molecule has 19 heavy (non-hydrogen) atoms. The summed E-state index contributed by atoms with van der Waals surface area (Å²) in [5.41, 5.74) is 5.07. The fourth-order valence-electron chi connectivity index (χ4n) is 1.18. The Bertz CT molecular complexity index is 434. The van der Waals surface area contributed by atoms with Crippen molar-refractivity contribution in [2.45, 2.75) is 18.9 Å². The second-order valence-electron chi connectivity index (χ2n) is 3.99. The molecule has 1 rings (SSSR count). The number of nitrogens with one attached hydrogen (secondary N) is 2. The van der Waals surface area contributed by atoms with Crippen LogP contribution in [0.5, 0.6) is 0 Å². The van der Waals surface area contributed by atoms with Crippen molar-refractivity contribution >= 4 is 11.8 Å². The lowest BCUT2D eigenvalue weighted by molar-refractivity contribution is -0.124. The van der Waals surface area contributed by atoms with Crippen molar-refractivity contribution in [1.29, 1.82) is 0 Å². The van der Waals surface area contributed by atoms with E-state index < -0.39 is 36.9 Å². The van der Waals surface area contributed by atoms with E-state index in [-0.39, 0.29) is 5.56 Å². The van der Waals surface area contributed by atoms with E-state index >= 15 is 0 Å². The van der Waals surface area contributed by atoms with Crippen LogP contribution in [-0.4, -0.2) is 36.9 Å². The van der Waals surface area contributed by atoms with E-state index in [2.05, 4.69) is 5.32 Å². The average Bonchev–Trinajstić information content (AvgIpc) is 2.89. The highest BCUT2D eigenvalue weighted by Gasteiger charge is 2.28. The average molecular weight is 275 g/mol. The van der Waals surface area contributed by atoms with Crippen LogP contribution in [0.3, 0.4) is 0 Å². The van der Waals surface area contributed by atoms with E-state index in [4.69, 9.17) is 10.2 Å². The largest absolute Gasteiger partial charge is 0.472 e. The van der Waals surface area contributed by atoms with Crippen LogP contribution < -0.4 is 16.4 Å². The summed E-state index contributed by atoms with van der Waals surface area (Å²) in [6.45, 7) is -0.342. The van der Waals surface area contributed by atoms with Crippen LogP contribution in [0.4, 0.5) is 8.78 Å². The minimum absolute atomic E-state index is 0.243. The molecule has 0 saturated heterocycles. The van der Waals surface area contributed by atoms with Crippen molar-refractivity contribution in [3.05, 3.63) is 24.2 Å². The molecule has 0 saturated carbocycles. The second-order valence-corrected chi connectivity index (χ2v) is 3.99. The Hall–Kier alpha value is -1.96. The SMILES string of the molecule is CC(NC(=O)c1ccoc1)C(=O)NCC(F)(F)CN. The van der Waals surface area contributed by atoms with E-state index in [1.54, 1.807) is 0 Å². The van der Waals surface area contributed by atoms with Crippen LogP contribution in [0, 0.1) is 0 Å². The molecule has 0 spiro atoms. The third-order valence-corrected chi connectivity index (χ3v) is 2.34. The summed E-state index contributed by atoms with van der Waals surface area (Å²) < 4.78 is 30.4. The Morgan fingerprint density at radius 2 is 2.21 bits per heavy atom. The number of carbonyl (C=O) groups excluding carboxylic acids is 2. The van der Waals surface area contributed by atoms with Gasteiger partial charge in [-0.2, -0.15) is 0 Å². The van der Waals surface area contributed by atoms with Gasteiger partial charge in [-0.05, 0) is 13.0 Å². The van der Waals surface area contributed by atoms with Gasteiger partial charge in [-0.3, -0.25) is 9.59 Å². The van der Waals surface area contributed by atoms with Gasteiger partial charge in [0.05, 0.1) is 24.9 Å². The summed E-state index contributed by atoms with van der Waals surface area (Å²) in [5.74, 6) is -4.41. The van der Waals surface area contributed by atoms with Gasteiger partial charge in [-0.15, -0.1) is 0 Å². The molecule has 1 aromatic heterocycles. The van der Waals surface area contributed by atoms with Gasteiger partial charge in [0, 0.05) is 0 Å². The van der Waals surface area contributed by atoms with Crippen LogP contribution in [0.2, 0.25) is 0 Å². The molecule has 4 N–H and O–H groups in total. The topological polar surface area (TPSA) is 97.4 Å². The first-order valence-electron chi connectivity index (χ1n) is 5.54. The van der Waals surface area contributed by atoms with E-state index in [0.29, 0.717) is 0 Å². The van der Waals surface area contributed by atoms with Crippen molar-refractivity contribution in [3.63, 3.8) is 0 Å². The number of alkyl halides is 2. The highest BCUT2D eigenvalue weighted by molar-refractivity contribution is 5.97. The summed E-state index contributed by atoms with van der Waals surface area (Å²) in [6, 6.07) is 0.471. The molecule has 8 heteroatoms. The van der Waals surface area contributed by atoms with E-state index in [0.717, 1.165) is 0 Å². The van der Waals surface area contributed by atoms with Crippen LogP contribution in [0.1, 0.15) is 17.3 Å². The molecule has 1 atom stereocenters. The second kappa shape index (κ2) is 6.28. The molecular formula is C11H15F2N3O3. The first-order valence-corrected chi connectivity index (χ1v) is 5.54. The lowest BCUT2D eigenvalue weighted by Crippen LogP contribution is -2.49. The first-order chi connectivity index (χ1) is 8.85. The van der Waals surface area contributed by atoms with Gasteiger partial charge >= 0.3 is 0 Å². The summed E-state index contributed by atoms with van der Waals surface area (Å²) in [7, 11) is 0. The maximum atomic E-state index is 12.8. The van der Waals surface area contributed by atoms with E-state index in [1.165, 1.54) is 25.5 Å². The number of rotatable bonds is 6. The molecular weight excluding hydrogens is 260 g/mol. The van der Waals surface area contributed by atoms with Crippen LogP contribution >= 0.6 is 0 Å². The number of halogens is 2. The van der Waals surface area contributed by atoms with Crippen molar-refractivity contribution in [1.82, 2.24) is 10.6 Å². The number of hydrogen-bond donors (Lipinski definition) is 3. The minimum atomic E-state index is -3.16. The fourth-order valence-corrected chi connectivity index (χ4v) is 1.18. The van der Waals surface area contributed by atoms with Crippen molar-refractivity contribution in [2.24, 2.45) is 5.73 Å². The van der Waals surface area contributed by atoms with Crippen molar-refractivity contribution in [2.75, 3.05) is 13.1 Å². The highest BCUT2D eigenvalue weighted by atomic mass is 19.3. The summed E-state index contributed by atoms with van der Waals surface area (Å²) in [6.07, 6.45) is 2.52. The van der Waals surface area contributed by atoms with E-state index in [9.17, 15) is 18.4 Å². The molecule has 0 radical (unpaired) electrons. The van der Waals surface area contributed by atoms with Gasteiger partial charge in [0.25, 0.3) is 11.8 Å². The Morgan fingerprint density at radius 3 is 2.74 bits per heavy atom. The Morgan fingerprint density at radius 1 is 1.53 bits per heavy atom. The van der Waals surface area contributed by atoms with Crippen LogP contribution in [0.25, 0.3) is 0 Å². The maximum Gasteiger partial charge on any atom is 0.277 e. The fraction of sp³-hybridized carbons (Fsp3) is 0.455. The molecule has 0 aromatic carbocycles. The van der Waals surface area contributed by atoms with Gasteiger partial charge in [0.2, 0.25) is 5.91 Å². The van der Waals surface area contributed by atoms with Gasteiger partial charge < -0.3 is 20.8 Å². The number of nitrogens with two attached hydrogens (primary N) is 1. The number of amides is 2. The molecule has 0 aliphatic heterocycles. The Balaban J connectivity index is 2.43. The molecule has 6 nitrogen and oxygen atoms in total. The third-order valence-electron chi connectivity index (χ3n) is 2.34. The van der Waals surface area contributed by atoms with E-state index in [1.807, 2.05) is 5.32 Å². The van der Waals surface area contributed by atoms with Gasteiger partial charge in [-0.1, -0.05) is 0 Å². The summed E-state index contributed by atoms with van der Waals surface area (Å²) >= 11 is 0. The molecule has 0 fully saturated rings. The highest BCUT2D eigenvalue weighted by Crippen LogP contribution is 2.08. The number of hydrogen-bond acceptors (Lipinski definition) is 4. The van der Waals surface area contributed by atoms with Crippen LogP contribution in [0.15, 0.2) is 23.0 Å².